The van der Waals surface area contributed by atoms with Gasteiger partial charge in [0.25, 0.3) is 0 Å². The van der Waals surface area contributed by atoms with E-state index in [1.165, 1.54) is 17.5 Å². The Kier molecular flexibility index (Phi) is 6.84. The first-order valence-electron chi connectivity index (χ1n) is 9.83. The predicted molar refractivity (Wildman–Crippen MR) is 108 cm³/mol. The fraction of sp³-hybridized carbons (Fsp3) is 0.478. The molecule has 1 aliphatic heterocycles. The van der Waals surface area contributed by atoms with Crippen LogP contribution in [0.15, 0.2) is 60.7 Å². The molecule has 26 heavy (non-hydrogen) atoms. The summed E-state index contributed by atoms with van der Waals surface area (Å²) in [5.74, 6) is 0.669. The van der Waals surface area contributed by atoms with Crippen molar-refractivity contribution in [3.63, 3.8) is 0 Å². The summed E-state index contributed by atoms with van der Waals surface area (Å²) in [6.45, 7) is 7.07. The Hall–Kier alpha value is -1.68. The number of hydrogen-bond acceptors (Lipinski definition) is 3. The van der Waals surface area contributed by atoms with Gasteiger partial charge < -0.3 is 10.5 Å². The number of hydrogen-bond donors (Lipinski definition) is 1. The van der Waals surface area contributed by atoms with Gasteiger partial charge in [0, 0.05) is 25.2 Å². The number of nitrogens with two attached hydrogens (primary N) is 1. The van der Waals surface area contributed by atoms with Crippen LogP contribution in [-0.4, -0.2) is 30.1 Å². The summed E-state index contributed by atoms with van der Waals surface area (Å²) in [5, 5.41) is 0. The van der Waals surface area contributed by atoms with Gasteiger partial charge in [-0.3, -0.25) is 4.90 Å². The van der Waals surface area contributed by atoms with Gasteiger partial charge in [-0.1, -0.05) is 74.5 Å². The van der Waals surface area contributed by atoms with E-state index < -0.39 is 0 Å². The lowest BCUT2D eigenvalue weighted by Crippen LogP contribution is -2.61. The summed E-state index contributed by atoms with van der Waals surface area (Å²) in [4.78, 5) is 2.59. The molecule has 1 aliphatic rings. The summed E-state index contributed by atoms with van der Waals surface area (Å²) in [7, 11) is 0. The van der Waals surface area contributed by atoms with Gasteiger partial charge in [-0.15, -0.1) is 0 Å². The molecular formula is C23H32N2O. The zero-order chi connectivity index (χ0) is 18.4. The quantitative estimate of drug-likeness (QED) is 0.680. The Morgan fingerprint density at radius 1 is 1.04 bits per heavy atom. The van der Waals surface area contributed by atoms with Gasteiger partial charge in [0.05, 0.1) is 12.6 Å². The highest BCUT2D eigenvalue weighted by atomic mass is 16.5. The Morgan fingerprint density at radius 2 is 1.69 bits per heavy atom. The zero-order valence-electron chi connectivity index (χ0n) is 16.1. The third-order valence-electron chi connectivity index (χ3n) is 5.25. The molecule has 1 heterocycles. The second-order valence-corrected chi connectivity index (χ2v) is 7.83. The molecule has 140 valence electrons. The third kappa shape index (κ3) is 4.94. The second-order valence-electron chi connectivity index (χ2n) is 7.83. The van der Waals surface area contributed by atoms with Crippen molar-refractivity contribution in [3.05, 3.63) is 71.8 Å². The Labute approximate surface area is 158 Å². The Balaban J connectivity index is 1.57. The van der Waals surface area contributed by atoms with Gasteiger partial charge in [-0.05, 0) is 29.9 Å². The van der Waals surface area contributed by atoms with E-state index in [1.807, 2.05) is 6.07 Å². The predicted octanol–water partition coefficient (Wildman–Crippen LogP) is 4.39. The highest BCUT2D eigenvalue weighted by Gasteiger charge is 2.41. The first-order valence-corrected chi connectivity index (χ1v) is 9.83. The lowest BCUT2D eigenvalue weighted by atomic mass is 9.85. The molecule has 2 aromatic rings. The minimum absolute atomic E-state index is 0.234. The molecule has 0 bridgehead atoms. The molecule has 3 nitrogen and oxygen atoms in total. The van der Waals surface area contributed by atoms with E-state index in [0.717, 1.165) is 19.6 Å². The summed E-state index contributed by atoms with van der Waals surface area (Å²) < 4.78 is 5.96. The minimum Gasteiger partial charge on any atom is -0.377 e. The van der Waals surface area contributed by atoms with Crippen molar-refractivity contribution in [1.29, 1.82) is 0 Å². The SMILES string of the molecule is CC(C)C[C@@H](CCOCc1ccccc1)N1C[C@H](N)[C@@H]1c1ccccc1. The number of likely N-dealkylation sites (tertiary alicyclic amines) is 1. The molecule has 0 aromatic heterocycles. The van der Waals surface area contributed by atoms with Crippen molar-refractivity contribution < 1.29 is 4.74 Å². The Morgan fingerprint density at radius 3 is 2.31 bits per heavy atom. The molecule has 1 saturated heterocycles. The van der Waals surface area contributed by atoms with Crippen LogP contribution in [0.25, 0.3) is 0 Å². The maximum atomic E-state index is 6.37. The molecule has 3 heteroatoms. The number of benzene rings is 2. The molecule has 1 fully saturated rings. The van der Waals surface area contributed by atoms with Crippen molar-refractivity contribution in [3.8, 4) is 0 Å². The molecule has 2 aromatic carbocycles. The van der Waals surface area contributed by atoms with Crippen LogP contribution in [0.5, 0.6) is 0 Å². The topological polar surface area (TPSA) is 38.5 Å². The second kappa shape index (κ2) is 9.31. The average molecular weight is 353 g/mol. The molecule has 0 saturated carbocycles. The third-order valence-corrected chi connectivity index (χ3v) is 5.25. The van der Waals surface area contributed by atoms with Crippen molar-refractivity contribution in [2.45, 2.75) is 51.4 Å². The van der Waals surface area contributed by atoms with Crippen molar-refractivity contribution in [2.75, 3.05) is 13.2 Å². The number of ether oxygens (including phenoxy) is 1. The maximum absolute atomic E-state index is 6.37. The van der Waals surface area contributed by atoms with Gasteiger partial charge in [0.1, 0.15) is 0 Å². The van der Waals surface area contributed by atoms with E-state index >= 15 is 0 Å². The first-order chi connectivity index (χ1) is 12.6. The van der Waals surface area contributed by atoms with Crippen molar-refractivity contribution >= 4 is 0 Å². The fourth-order valence-electron chi connectivity index (χ4n) is 3.98. The normalized spacial score (nSPS) is 21.5. The van der Waals surface area contributed by atoms with Gasteiger partial charge in [-0.25, -0.2) is 0 Å². The fourth-order valence-corrected chi connectivity index (χ4v) is 3.98. The van der Waals surface area contributed by atoms with Crippen LogP contribution >= 0.6 is 0 Å². The summed E-state index contributed by atoms with van der Waals surface area (Å²) >= 11 is 0. The maximum Gasteiger partial charge on any atom is 0.0716 e. The Bertz CT molecular complexity index is 644. The summed E-state index contributed by atoms with van der Waals surface area (Å²) in [5.41, 5.74) is 8.95. The van der Waals surface area contributed by atoms with Gasteiger partial charge in [0.15, 0.2) is 0 Å². The molecule has 2 N–H and O–H groups in total. The number of nitrogens with zero attached hydrogens (tertiary/aromatic N) is 1. The zero-order valence-corrected chi connectivity index (χ0v) is 16.1. The van der Waals surface area contributed by atoms with Gasteiger partial charge in [0.2, 0.25) is 0 Å². The van der Waals surface area contributed by atoms with E-state index in [4.69, 9.17) is 10.5 Å². The smallest absolute Gasteiger partial charge is 0.0716 e. The van der Waals surface area contributed by atoms with Crippen LogP contribution in [0, 0.1) is 5.92 Å². The van der Waals surface area contributed by atoms with E-state index in [9.17, 15) is 0 Å². The van der Waals surface area contributed by atoms with Crippen molar-refractivity contribution in [2.24, 2.45) is 11.7 Å². The molecule has 3 rings (SSSR count). The van der Waals surface area contributed by atoms with Crippen LogP contribution in [0.3, 0.4) is 0 Å². The van der Waals surface area contributed by atoms with E-state index in [-0.39, 0.29) is 6.04 Å². The van der Waals surface area contributed by atoms with Crippen LogP contribution in [-0.2, 0) is 11.3 Å². The lowest BCUT2D eigenvalue weighted by Gasteiger charge is -2.51. The first kappa shape index (κ1) is 19.1. The van der Waals surface area contributed by atoms with Gasteiger partial charge in [-0.2, -0.15) is 0 Å². The van der Waals surface area contributed by atoms with Crippen LogP contribution in [0.1, 0.15) is 43.9 Å². The average Bonchev–Trinajstić information content (AvgIpc) is 2.63. The van der Waals surface area contributed by atoms with Crippen LogP contribution in [0.4, 0.5) is 0 Å². The van der Waals surface area contributed by atoms with Gasteiger partial charge >= 0.3 is 0 Å². The standard InChI is InChI=1S/C23H32N2O/c1-18(2)15-21(13-14-26-17-19-9-5-3-6-10-19)25-16-22(24)23(25)20-11-7-4-8-12-20/h3-12,18,21-23H,13-17,24H2,1-2H3/t21-,22+,23+/m1/s1. The van der Waals surface area contributed by atoms with Crippen LogP contribution in [0.2, 0.25) is 0 Å². The monoisotopic (exact) mass is 352 g/mol. The molecule has 3 atom stereocenters. The van der Waals surface area contributed by atoms with Crippen LogP contribution < -0.4 is 5.73 Å². The van der Waals surface area contributed by atoms with Crippen molar-refractivity contribution in [1.82, 2.24) is 4.90 Å². The number of rotatable bonds is 9. The van der Waals surface area contributed by atoms with E-state index in [0.29, 0.717) is 24.6 Å². The summed E-state index contributed by atoms with van der Waals surface area (Å²) in [6.07, 6.45) is 2.24. The lowest BCUT2D eigenvalue weighted by molar-refractivity contribution is -0.00922. The van der Waals surface area contributed by atoms with E-state index in [2.05, 4.69) is 73.3 Å². The molecule has 0 amide bonds. The molecule has 0 aliphatic carbocycles. The molecule has 0 spiro atoms. The molecular weight excluding hydrogens is 320 g/mol. The highest BCUT2D eigenvalue weighted by molar-refractivity contribution is 5.24. The largest absolute Gasteiger partial charge is 0.377 e. The highest BCUT2D eigenvalue weighted by Crippen LogP contribution is 2.36. The minimum atomic E-state index is 0.234. The molecule has 0 unspecified atom stereocenters. The summed E-state index contributed by atoms with van der Waals surface area (Å²) in [6, 6.07) is 22.2. The molecule has 0 radical (unpaired) electrons. The van der Waals surface area contributed by atoms with E-state index in [1.54, 1.807) is 0 Å².